The van der Waals surface area contributed by atoms with Crippen molar-refractivity contribution in [3.8, 4) is 10.6 Å². The maximum Gasteiger partial charge on any atom is 0.190 e. The number of hydrogen-bond donors (Lipinski definition) is 0. The minimum Gasteiger partial charge on any atom is -0.321 e. The van der Waals surface area contributed by atoms with Crippen LogP contribution in [0.25, 0.3) is 10.6 Å². The van der Waals surface area contributed by atoms with Crippen molar-refractivity contribution < 1.29 is 0 Å². The Morgan fingerprint density at radius 3 is 2.64 bits per heavy atom. The van der Waals surface area contributed by atoms with Crippen molar-refractivity contribution in [3.63, 3.8) is 0 Å². The van der Waals surface area contributed by atoms with Gasteiger partial charge in [0, 0.05) is 18.9 Å². The van der Waals surface area contributed by atoms with E-state index in [2.05, 4.69) is 15.0 Å². The Morgan fingerprint density at radius 1 is 1.14 bits per heavy atom. The summed E-state index contributed by atoms with van der Waals surface area (Å²) in [6, 6.07) is 10.1. The van der Waals surface area contributed by atoms with E-state index in [1.807, 2.05) is 48.5 Å². The number of para-hydroxylation sites is 1. The van der Waals surface area contributed by atoms with Crippen LogP contribution in [0.3, 0.4) is 0 Å². The summed E-state index contributed by atoms with van der Waals surface area (Å²) in [4.78, 5) is 16.1. The van der Waals surface area contributed by atoms with Gasteiger partial charge in [0.1, 0.15) is 5.69 Å². The first-order valence-corrected chi connectivity index (χ1v) is 8.92. The van der Waals surface area contributed by atoms with Gasteiger partial charge in [-0.2, -0.15) is 0 Å². The average molecular weight is 349 g/mol. The number of halogens is 1. The third kappa shape index (κ3) is 3.09. The number of anilines is 2. The summed E-state index contributed by atoms with van der Waals surface area (Å²) in [6.07, 6.45) is 5.38. The summed E-state index contributed by atoms with van der Waals surface area (Å²) in [5.74, 6) is 0. The molecule has 0 atom stereocenters. The Balaban J connectivity index is 1.94. The van der Waals surface area contributed by atoms with E-state index < -0.39 is 0 Å². The fourth-order valence-corrected chi connectivity index (χ4v) is 3.41. The molecule has 0 saturated carbocycles. The minimum atomic E-state index is 0.537. The van der Waals surface area contributed by atoms with Gasteiger partial charge in [-0.15, -0.1) is 0 Å². The van der Waals surface area contributed by atoms with Gasteiger partial charge in [0.25, 0.3) is 0 Å². The molecule has 0 fully saturated rings. The Labute approximate surface area is 142 Å². The molecule has 0 saturated heterocycles. The smallest absolute Gasteiger partial charge is 0.190 e. The van der Waals surface area contributed by atoms with Crippen LogP contribution < -0.4 is 4.90 Å². The number of thiazole rings is 1. The topological polar surface area (TPSA) is 41.9 Å². The lowest BCUT2D eigenvalue weighted by Crippen LogP contribution is -2.08. The largest absolute Gasteiger partial charge is 0.321 e. The molecule has 0 radical (unpaired) electrons. The fraction of sp³-hybridized carbons (Fsp3) is 0.133. The van der Waals surface area contributed by atoms with Gasteiger partial charge in [-0.3, -0.25) is 0 Å². The Bertz CT molecular complexity index is 776. The maximum atomic E-state index is 6.22. The van der Waals surface area contributed by atoms with Gasteiger partial charge in [0.2, 0.25) is 0 Å². The second-order valence-corrected chi connectivity index (χ2v) is 6.64. The van der Waals surface area contributed by atoms with Gasteiger partial charge < -0.3 is 4.90 Å². The maximum absolute atomic E-state index is 6.22. The molecule has 1 aromatic carbocycles. The Hall–Kier alpha value is -1.63. The van der Waals surface area contributed by atoms with E-state index in [0.717, 1.165) is 21.4 Å². The zero-order chi connectivity index (χ0) is 15.5. The molecule has 2 aromatic heterocycles. The molecule has 3 rings (SSSR count). The van der Waals surface area contributed by atoms with Crippen molar-refractivity contribution in [2.24, 2.45) is 0 Å². The highest BCUT2D eigenvalue weighted by molar-refractivity contribution is 7.98. The fourth-order valence-electron chi connectivity index (χ4n) is 1.91. The standard InChI is InChI=1S/C15H13ClN4S2/c1-20(10-6-4-3-5-7-10)15-18-9-12(22-15)13-11(16)8-17-14(19-13)21-2/h3-9H,1-2H3. The second-order valence-electron chi connectivity index (χ2n) is 4.45. The van der Waals surface area contributed by atoms with Crippen molar-refractivity contribution in [2.45, 2.75) is 5.16 Å². The summed E-state index contributed by atoms with van der Waals surface area (Å²) in [5.41, 5.74) is 1.81. The van der Waals surface area contributed by atoms with Gasteiger partial charge >= 0.3 is 0 Å². The summed E-state index contributed by atoms with van der Waals surface area (Å²) in [7, 11) is 1.99. The van der Waals surface area contributed by atoms with Crippen LogP contribution >= 0.6 is 34.7 Å². The number of rotatable bonds is 4. The van der Waals surface area contributed by atoms with Gasteiger partial charge in [-0.25, -0.2) is 15.0 Å². The number of aromatic nitrogens is 3. The first-order chi connectivity index (χ1) is 10.7. The lowest BCUT2D eigenvalue weighted by molar-refractivity contribution is 0.978. The zero-order valence-electron chi connectivity index (χ0n) is 12.0. The number of nitrogens with zero attached hydrogens (tertiary/aromatic N) is 4. The molecule has 2 heterocycles. The number of benzene rings is 1. The first-order valence-electron chi connectivity index (χ1n) is 6.50. The quantitative estimate of drug-likeness (QED) is 0.503. The molecular formula is C15H13ClN4S2. The third-order valence-electron chi connectivity index (χ3n) is 3.06. The predicted octanol–water partition coefficient (Wildman–Crippen LogP) is 4.74. The van der Waals surface area contributed by atoms with Crippen molar-refractivity contribution in [3.05, 3.63) is 47.7 Å². The normalized spacial score (nSPS) is 10.7. The van der Waals surface area contributed by atoms with Crippen molar-refractivity contribution in [1.82, 2.24) is 15.0 Å². The van der Waals surface area contributed by atoms with Crippen LogP contribution in [0, 0.1) is 0 Å². The van der Waals surface area contributed by atoms with Crippen LogP contribution in [0.4, 0.5) is 10.8 Å². The monoisotopic (exact) mass is 348 g/mol. The summed E-state index contributed by atoms with van der Waals surface area (Å²) < 4.78 is 0. The SMILES string of the molecule is CSc1ncc(Cl)c(-c2cnc(N(C)c3ccccc3)s2)n1. The van der Waals surface area contributed by atoms with Crippen molar-refractivity contribution in [2.75, 3.05) is 18.2 Å². The highest BCUT2D eigenvalue weighted by Gasteiger charge is 2.14. The van der Waals surface area contributed by atoms with Crippen LogP contribution in [0.15, 0.2) is 47.9 Å². The van der Waals surface area contributed by atoms with E-state index in [1.54, 1.807) is 23.7 Å². The van der Waals surface area contributed by atoms with Crippen molar-refractivity contribution >= 4 is 45.5 Å². The highest BCUT2D eigenvalue weighted by atomic mass is 35.5. The van der Waals surface area contributed by atoms with E-state index in [1.165, 1.54) is 11.8 Å². The summed E-state index contributed by atoms with van der Waals surface area (Å²) in [6.45, 7) is 0. The van der Waals surface area contributed by atoms with Crippen LogP contribution in [0.2, 0.25) is 5.02 Å². The second kappa shape index (κ2) is 6.64. The van der Waals surface area contributed by atoms with Gasteiger partial charge in [0.05, 0.1) is 16.1 Å². The number of thioether (sulfide) groups is 1. The van der Waals surface area contributed by atoms with Gasteiger partial charge in [-0.05, 0) is 18.4 Å². The van der Waals surface area contributed by atoms with Gasteiger partial charge in [-0.1, -0.05) is 52.9 Å². The summed E-state index contributed by atoms with van der Waals surface area (Å²) in [5, 5.41) is 2.13. The van der Waals surface area contributed by atoms with Gasteiger partial charge in [0.15, 0.2) is 10.3 Å². The van der Waals surface area contributed by atoms with Crippen LogP contribution in [-0.2, 0) is 0 Å². The first kappa shape index (κ1) is 15.3. The van der Waals surface area contributed by atoms with Crippen LogP contribution in [0.1, 0.15) is 0 Å². The minimum absolute atomic E-state index is 0.537. The molecule has 112 valence electrons. The molecule has 0 aliphatic heterocycles. The average Bonchev–Trinajstić information content (AvgIpc) is 3.05. The molecule has 0 spiro atoms. The molecule has 0 aliphatic carbocycles. The third-order valence-corrected chi connectivity index (χ3v) is 4.98. The lowest BCUT2D eigenvalue weighted by Gasteiger charge is -2.15. The van der Waals surface area contributed by atoms with E-state index in [-0.39, 0.29) is 0 Å². The molecule has 7 heteroatoms. The highest BCUT2D eigenvalue weighted by Crippen LogP contribution is 2.36. The van der Waals surface area contributed by atoms with E-state index in [0.29, 0.717) is 10.2 Å². The van der Waals surface area contributed by atoms with E-state index in [4.69, 9.17) is 11.6 Å². The molecular weight excluding hydrogens is 336 g/mol. The molecule has 0 amide bonds. The molecule has 0 bridgehead atoms. The summed E-state index contributed by atoms with van der Waals surface area (Å²) >= 11 is 9.27. The van der Waals surface area contributed by atoms with Crippen LogP contribution in [-0.4, -0.2) is 28.3 Å². The predicted molar refractivity (Wildman–Crippen MR) is 94.4 cm³/mol. The molecule has 22 heavy (non-hydrogen) atoms. The molecule has 0 unspecified atom stereocenters. The van der Waals surface area contributed by atoms with E-state index >= 15 is 0 Å². The molecule has 0 aliphatic rings. The Morgan fingerprint density at radius 2 is 1.91 bits per heavy atom. The molecule has 0 N–H and O–H groups in total. The lowest BCUT2D eigenvalue weighted by atomic mass is 10.3. The molecule has 4 nitrogen and oxygen atoms in total. The zero-order valence-corrected chi connectivity index (χ0v) is 14.4. The number of hydrogen-bond acceptors (Lipinski definition) is 6. The van der Waals surface area contributed by atoms with E-state index in [9.17, 15) is 0 Å². The molecule has 3 aromatic rings. The van der Waals surface area contributed by atoms with Crippen LogP contribution in [0.5, 0.6) is 0 Å². The Kier molecular flexibility index (Phi) is 4.61. The van der Waals surface area contributed by atoms with Crippen molar-refractivity contribution in [1.29, 1.82) is 0 Å².